The summed E-state index contributed by atoms with van der Waals surface area (Å²) in [6.45, 7) is -1.45. The first-order valence-electron chi connectivity index (χ1n) is 8.28. The average Bonchev–Trinajstić information content (AvgIpc) is 2.58. The van der Waals surface area contributed by atoms with E-state index in [0.29, 0.717) is 26.1 Å². The van der Waals surface area contributed by atoms with Gasteiger partial charge in [0.2, 0.25) is 0 Å². The summed E-state index contributed by atoms with van der Waals surface area (Å²) >= 11 is 0. The van der Waals surface area contributed by atoms with Crippen LogP contribution in [0.3, 0.4) is 0 Å². The Morgan fingerprint density at radius 3 is 2.31 bits per heavy atom. The molecule has 0 aromatic heterocycles. The minimum atomic E-state index is -2.84. The van der Waals surface area contributed by atoms with E-state index in [1.165, 1.54) is 24.3 Å². The van der Waals surface area contributed by atoms with Crippen LogP contribution in [0.2, 0.25) is 0 Å². The molecule has 0 aliphatic heterocycles. The molecular formula is C19H22F3N2O2+. The summed E-state index contributed by atoms with van der Waals surface area (Å²) in [6, 6.07) is 12.6. The Kier molecular flexibility index (Phi) is 7.47. The predicted octanol–water partition coefficient (Wildman–Crippen LogP) is 1.80. The molecule has 2 rings (SSSR count). The van der Waals surface area contributed by atoms with Gasteiger partial charge in [-0.2, -0.15) is 8.78 Å². The first-order valence-corrected chi connectivity index (χ1v) is 8.28. The Bertz CT molecular complexity index is 691. The van der Waals surface area contributed by atoms with Crippen molar-refractivity contribution in [3.8, 4) is 5.75 Å². The minimum Gasteiger partial charge on any atom is -0.435 e. The molecule has 26 heavy (non-hydrogen) atoms. The SMILES string of the molecule is C[NH+](CC(=O)NCCc1ccc(OC(F)F)cc1)Cc1ccc(F)cc1. The van der Waals surface area contributed by atoms with Crippen molar-refractivity contribution >= 4 is 5.91 Å². The summed E-state index contributed by atoms with van der Waals surface area (Å²) in [5.41, 5.74) is 1.88. The molecule has 0 aliphatic rings. The Balaban J connectivity index is 1.68. The van der Waals surface area contributed by atoms with Gasteiger partial charge in [-0.3, -0.25) is 4.79 Å². The third-order valence-corrected chi connectivity index (χ3v) is 3.77. The fraction of sp³-hybridized carbons (Fsp3) is 0.316. The van der Waals surface area contributed by atoms with Gasteiger partial charge < -0.3 is 15.0 Å². The molecule has 1 amide bonds. The smallest absolute Gasteiger partial charge is 0.387 e. The normalized spacial score (nSPS) is 12.0. The van der Waals surface area contributed by atoms with Gasteiger partial charge in [0, 0.05) is 12.1 Å². The molecule has 2 N–H and O–H groups in total. The molecule has 4 nitrogen and oxygen atoms in total. The summed E-state index contributed by atoms with van der Waals surface area (Å²) in [7, 11) is 1.89. The molecule has 7 heteroatoms. The summed E-state index contributed by atoms with van der Waals surface area (Å²) < 4.78 is 41.3. The van der Waals surface area contributed by atoms with Gasteiger partial charge >= 0.3 is 6.61 Å². The number of carbonyl (C=O) groups is 1. The van der Waals surface area contributed by atoms with Gasteiger partial charge in [0.1, 0.15) is 18.1 Å². The quantitative estimate of drug-likeness (QED) is 0.710. The first kappa shape index (κ1) is 19.8. The molecule has 0 aliphatic carbocycles. The molecule has 0 heterocycles. The molecule has 0 radical (unpaired) electrons. The van der Waals surface area contributed by atoms with Crippen molar-refractivity contribution in [3.05, 3.63) is 65.5 Å². The number of rotatable bonds is 9. The van der Waals surface area contributed by atoms with Crippen molar-refractivity contribution in [1.29, 1.82) is 0 Å². The topological polar surface area (TPSA) is 42.8 Å². The molecule has 2 aromatic carbocycles. The van der Waals surface area contributed by atoms with Crippen LogP contribution >= 0.6 is 0 Å². The van der Waals surface area contributed by atoms with E-state index >= 15 is 0 Å². The average molecular weight is 367 g/mol. The highest BCUT2D eigenvalue weighted by Crippen LogP contribution is 2.14. The Morgan fingerprint density at radius 1 is 1.08 bits per heavy atom. The largest absolute Gasteiger partial charge is 0.435 e. The number of alkyl halides is 2. The van der Waals surface area contributed by atoms with Gasteiger partial charge in [-0.1, -0.05) is 24.3 Å². The van der Waals surface area contributed by atoms with Crippen molar-refractivity contribution < 1.29 is 27.6 Å². The Hall–Kier alpha value is -2.54. The summed E-state index contributed by atoms with van der Waals surface area (Å²) in [5, 5.41) is 2.83. The fourth-order valence-corrected chi connectivity index (χ4v) is 2.53. The van der Waals surface area contributed by atoms with Crippen LogP contribution in [-0.4, -0.2) is 32.7 Å². The summed E-state index contributed by atoms with van der Waals surface area (Å²) in [4.78, 5) is 13.0. The first-order chi connectivity index (χ1) is 12.4. The van der Waals surface area contributed by atoms with E-state index in [1.807, 2.05) is 7.05 Å². The third-order valence-electron chi connectivity index (χ3n) is 3.77. The number of likely N-dealkylation sites (N-methyl/N-ethyl adjacent to an activating group) is 1. The second-order valence-corrected chi connectivity index (χ2v) is 6.06. The number of nitrogens with one attached hydrogen (secondary N) is 2. The lowest BCUT2D eigenvalue weighted by Crippen LogP contribution is -3.08. The zero-order valence-corrected chi connectivity index (χ0v) is 14.5. The third kappa shape index (κ3) is 7.14. The number of halogens is 3. The van der Waals surface area contributed by atoms with E-state index in [-0.39, 0.29) is 17.5 Å². The van der Waals surface area contributed by atoms with Gasteiger partial charge in [-0.05, 0) is 36.2 Å². The Labute approximate surface area is 150 Å². The lowest BCUT2D eigenvalue weighted by molar-refractivity contribution is -0.885. The molecule has 2 aromatic rings. The highest BCUT2D eigenvalue weighted by Gasteiger charge is 2.10. The molecule has 140 valence electrons. The zero-order valence-electron chi connectivity index (χ0n) is 14.5. The number of quaternary nitrogens is 1. The molecule has 0 bridgehead atoms. The number of benzene rings is 2. The molecule has 1 atom stereocenters. The van der Waals surface area contributed by atoms with Gasteiger partial charge in [-0.15, -0.1) is 0 Å². The van der Waals surface area contributed by atoms with Crippen molar-refractivity contribution in [2.75, 3.05) is 20.1 Å². The van der Waals surface area contributed by atoms with Crippen molar-refractivity contribution in [2.45, 2.75) is 19.6 Å². The zero-order chi connectivity index (χ0) is 18.9. The number of hydrogen-bond donors (Lipinski definition) is 2. The standard InChI is InChI=1S/C19H21F3N2O2/c1-24(12-15-2-6-16(20)7-3-15)13-18(25)23-11-10-14-4-8-17(9-5-14)26-19(21)22/h2-9,19H,10-13H2,1H3,(H,23,25)/p+1. The van der Waals surface area contributed by atoms with Crippen LogP contribution < -0.4 is 15.0 Å². The van der Waals surface area contributed by atoms with Gasteiger partial charge in [0.05, 0.1) is 7.05 Å². The van der Waals surface area contributed by atoms with Crippen molar-refractivity contribution in [3.63, 3.8) is 0 Å². The molecule has 1 unspecified atom stereocenters. The number of carbonyl (C=O) groups excluding carboxylic acids is 1. The van der Waals surface area contributed by atoms with Crippen LogP contribution in [0.1, 0.15) is 11.1 Å². The molecular weight excluding hydrogens is 345 g/mol. The van der Waals surface area contributed by atoms with Crippen LogP contribution in [0.5, 0.6) is 5.75 Å². The van der Waals surface area contributed by atoms with E-state index in [4.69, 9.17) is 0 Å². The summed E-state index contributed by atoms with van der Waals surface area (Å²) in [6.07, 6.45) is 0.595. The molecule has 0 saturated heterocycles. The lowest BCUT2D eigenvalue weighted by atomic mass is 10.1. The van der Waals surface area contributed by atoms with Crippen LogP contribution in [0, 0.1) is 5.82 Å². The number of hydrogen-bond acceptors (Lipinski definition) is 2. The predicted molar refractivity (Wildman–Crippen MR) is 91.6 cm³/mol. The fourth-order valence-electron chi connectivity index (χ4n) is 2.53. The second kappa shape index (κ2) is 9.82. The van der Waals surface area contributed by atoms with Gasteiger partial charge in [0.15, 0.2) is 6.54 Å². The van der Waals surface area contributed by atoms with Crippen LogP contribution in [0.25, 0.3) is 0 Å². The maximum atomic E-state index is 12.9. The minimum absolute atomic E-state index is 0.0812. The van der Waals surface area contributed by atoms with E-state index < -0.39 is 6.61 Å². The highest BCUT2D eigenvalue weighted by atomic mass is 19.3. The molecule has 0 spiro atoms. The van der Waals surface area contributed by atoms with Crippen LogP contribution in [0.15, 0.2) is 48.5 Å². The van der Waals surface area contributed by atoms with Gasteiger partial charge in [-0.25, -0.2) is 4.39 Å². The lowest BCUT2D eigenvalue weighted by Gasteiger charge is -2.14. The Morgan fingerprint density at radius 2 is 1.69 bits per heavy atom. The van der Waals surface area contributed by atoms with Crippen molar-refractivity contribution in [1.82, 2.24) is 5.32 Å². The van der Waals surface area contributed by atoms with E-state index in [2.05, 4.69) is 10.1 Å². The summed E-state index contributed by atoms with van der Waals surface area (Å²) in [5.74, 6) is -0.251. The molecule has 0 saturated carbocycles. The monoisotopic (exact) mass is 367 g/mol. The maximum absolute atomic E-state index is 12.9. The van der Waals surface area contributed by atoms with E-state index in [1.54, 1.807) is 24.3 Å². The van der Waals surface area contributed by atoms with Crippen molar-refractivity contribution in [2.24, 2.45) is 0 Å². The number of amides is 1. The van der Waals surface area contributed by atoms with E-state index in [9.17, 15) is 18.0 Å². The second-order valence-electron chi connectivity index (χ2n) is 6.06. The highest BCUT2D eigenvalue weighted by molar-refractivity contribution is 5.76. The van der Waals surface area contributed by atoms with Crippen LogP contribution in [0.4, 0.5) is 13.2 Å². The van der Waals surface area contributed by atoms with Gasteiger partial charge in [0.25, 0.3) is 5.91 Å². The van der Waals surface area contributed by atoms with Crippen LogP contribution in [-0.2, 0) is 17.8 Å². The number of ether oxygens (including phenoxy) is 1. The maximum Gasteiger partial charge on any atom is 0.387 e. The molecule has 0 fully saturated rings. The van der Waals surface area contributed by atoms with E-state index in [0.717, 1.165) is 16.0 Å².